The maximum Gasteiger partial charge on any atom is 0.373 e. The third kappa shape index (κ3) is 4.09. The lowest BCUT2D eigenvalue weighted by Crippen LogP contribution is -2.30. The van der Waals surface area contributed by atoms with Crippen molar-refractivity contribution in [3.63, 3.8) is 0 Å². The first-order valence-electron chi connectivity index (χ1n) is 9.03. The standard InChI is InChI=1S/C20H23N3O6/c1-12-9-14(13(2)22(12)7-8-27-3)10-16-18(24)23(20(26)21-16)11-15-5-6-17(29-15)19(25)28-4/h5-6,9-10H,7-8,11H2,1-4H3,(H,21,26)/b16-10-. The smallest absolute Gasteiger partial charge is 0.373 e. The summed E-state index contributed by atoms with van der Waals surface area (Å²) in [6, 6.07) is 4.36. The summed E-state index contributed by atoms with van der Waals surface area (Å²) in [5, 5.41) is 2.59. The number of nitrogens with one attached hydrogen (secondary N) is 1. The van der Waals surface area contributed by atoms with Gasteiger partial charge in [-0.3, -0.25) is 9.69 Å². The summed E-state index contributed by atoms with van der Waals surface area (Å²) in [6.07, 6.45) is 1.66. The van der Waals surface area contributed by atoms with Gasteiger partial charge in [-0.05, 0) is 43.7 Å². The van der Waals surface area contributed by atoms with Crippen LogP contribution in [0.3, 0.4) is 0 Å². The molecular weight excluding hydrogens is 378 g/mol. The molecule has 2 aromatic rings. The SMILES string of the molecule is COCCn1c(C)cc(/C=C2\NC(=O)N(Cc3ccc(C(=O)OC)o3)C2=O)c1C. The molecule has 1 fully saturated rings. The van der Waals surface area contributed by atoms with E-state index >= 15 is 0 Å². The molecule has 2 aromatic heterocycles. The summed E-state index contributed by atoms with van der Waals surface area (Å²) in [5.41, 5.74) is 3.03. The largest absolute Gasteiger partial charge is 0.463 e. The maximum atomic E-state index is 12.7. The number of nitrogens with zero attached hydrogens (tertiary/aromatic N) is 2. The average Bonchev–Trinajstić information content (AvgIpc) is 3.34. The van der Waals surface area contributed by atoms with Crippen LogP contribution in [-0.4, -0.2) is 48.2 Å². The first kappa shape index (κ1) is 20.4. The number of esters is 1. The Kier molecular flexibility index (Phi) is 5.88. The monoisotopic (exact) mass is 401 g/mol. The van der Waals surface area contributed by atoms with Gasteiger partial charge in [-0.2, -0.15) is 0 Å². The Morgan fingerprint density at radius 2 is 2.00 bits per heavy atom. The number of carbonyl (C=O) groups excluding carboxylic acids is 3. The second-order valence-corrected chi connectivity index (χ2v) is 6.61. The molecule has 3 rings (SSSR count). The minimum Gasteiger partial charge on any atom is -0.463 e. The van der Waals surface area contributed by atoms with Crippen LogP contribution in [0, 0.1) is 13.8 Å². The van der Waals surface area contributed by atoms with Crippen molar-refractivity contribution in [3.8, 4) is 0 Å². The van der Waals surface area contributed by atoms with Crippen molar-refractivity contribution < 1.29 is 28.3 Å². The van der Waals surface area contributed by atoms with E-state index < -0.39 is 17.9 Å². The van der Waals surface area contributed by atoms with Gasteiger partial charge in [0.25, 0.3) is 5.91 Å². The summed E-state index contributed by atoms with van der Waals surface area (Å²) in [6.45, 7) is 5.11. The molecule has 0 aliphatic carbocycles. The van der Waals surface area contributed by atoms with E-state index in [4.69, 9.17) is 9.15 Å². The first-order chi connectivity index (χ1) is 13.8. The molecule has 3 amide bonds. The number of ether oxygens (including phenoxy) is 2. The molecule has 0 unspecified atom stereocenters. The second kappa shape index (κ2) is 8.36. The second-order valence-electron chi connectivity index (χ2n) is 6.61. The molecule has 1 aliphatic heterocycles. The maximum absolute atomic E-state index is 12.7. The highest BCUT2D eigenvalue weighted by molar-refractivity contribution is 6.13. The van der Waals surface area contributed by atoms with E-state index in [9.17, 15) is 14.4 Å². The molecular formula is C20H23N3O6. The number of methoxy groups -OCH3 is 2. The van der Waals surface area contributed by atoms with E-state index in [0.29, 0.717) is 18.9 Å². The summed E-state index contributed by atoms with van der Waals surface area (Å²) in [5.74, 6) is -0.785. The number of amides is 3. The van der Waals surface area contributed by atoms with E-state index in [-0.39, 0.29) is 18.0 Å². The fourth-order valence-corrected chi connectivity index (χ4v) is 3.20. The van der Waals surface area contributed by atoms with Gasteiger partial charge >= 0.3 is 12.0 Å². The number of aromatic nitrogens is 1. The molecule has 0 aromatic carbocycles. The zero-order valence-electron chi connectivity index (χ0n) is 16.8. The zero-order valence-corrected chi connectivity index (χ0v) is 16.8. The van der Waals surface area contributed by atoms with E-state index in [1.165, 1.54) is 19.2 Å². The number of furan rings is 1. The number of aryl methyl sites for hydroxylation is 1. The van der Waals surface area contributed by atoms with Crippen molar-refractivity contribution in [2.75, 3.05) is 20.8 Å². The molecule has 9 nitrogen and oxygen atoms in total. The summed E-state index contributed by atoms with van der Waals surface area (Å²) >= 11 is 0. The molecule has 0 spiro atoms. The van der Waals surface area contributed by atoms with Crippen LogP contribution < -0.4 is 5.32 Å². The molecule has 0 radical (unpaired) electrons. The van der Waals surface area contributed by atoms with Crippen molar-refractivity contribution in [1.29, 1.82) is 0 Å². The normalized spacial score (nSPS) is 15.3. The third-order valence-electron chi connectivity index (χ3n) is 4.76. The highest BCUT2D eigenvalue weighted by Gasteiger charge is 2.34. The molecule has 29 heavy (non-hydrogen) atoms. The van der Waals surface area contributed by atoms with Crippen molar-refractivity contribution >= 4 is 24.0 Å². The van der Waals surface area contributed by atoms with Gasteiger partial charge in [0.15, 0.2) is 0 Å². The number of imide groups is 1. The third-order valence-corrected chi connectivity index (χ3v) is 4.76. The number of carbonyl (C=O) groups is 3. The Morgan fingerprint density at radius 3 is 2.69 bits per heavy atom. The Hall–Kier alpha value is -3.33. The van der Waals surface area contributed by atoms with Crippen LogP contribution in [-0.2, 0) is 27.4 Å². The topological polar surface area (TPSA) is 103 Å². The van der Waals surface area contributed by atoms with Gasteiger partial charge in [-0.25, -0.2) is 9.59 Å². The van der Waals surface area contributed by atoms with Crippen molar-refractivity contribution in [2.45, 2.75) is 26.9 Å². The van der Waals surface area contributed by atoms with Gasteiger partial charge < -0.3 is 23.8 Å². The van der Waals surface area contributed by atoms with Crippen LogP contribution >= 0.6 is 0 Å². The molecule has 154 valence electrons. The van der Waals surface area contributed by atoms with Crippen LogP contribution in [0.5, 0.6) is 0 Å². The quantitative estimate of drug-likeness (QED) is 0.434. The van der Waals surface area contributed by atoms with Gasteiger partial charge in [0.1, 0.15) is 11.5 Å². The molecule has 0 bridgehead atoms. The predicted molar refractivity (Wildman–Crippen MR) is 103 cm³/mol. The van der Waals surface area contributed by atoms with Crippen molar-refractivity contribution in [1.82, 2.24) is 14.8 Å². The van der Waals surface area contributed by atoms with Crippen LogP contribution in [0.4, 0.5) is 4.79 Å². The summed E-state index contributed by atoms with van der Waals surface area (Å²) in [7, 11) is 2.89. The summed E-state index contributed by atoms with van der Waals surface area (Å²) in [4.78, 5) is 37.5. The highest BCUT2D eigenvalue weighted by Crippen LogP contribution is 2.22. The van der Waals surface area contributed by atoms with Crippen LogP contribution in [0.25, 0.3) is 6.08 Å². The number of hydrogen-bond acceptors (Lipinski definition) is 6. The van der Waals surface area contributed by atoms with E-state index in [1.807, 2.05) is 19.9 Å². The summed E-state index contributed by atoms with van der Waals surface area (Å²) < 4.78 is 17.1. The van der Waals surface area contributed by atoms with Gasteiger partial charge in [-0.1, -0.05) is 0 Å². The fraction of sp³-hybridized carbons (Fsp3) is 0.350. The van der Waals surface area contributed by atoms with Gasteiger partial charge in [0.05, 0.1) is 20.3 Å². The van der Waals surface area contributed by atoms with E-state index in [1.54, 1.807) is 13.2 Å². The lowest BCUT2D eigenvalue weighted by atomic mass is 10.2. The Labute approximate surface area is 167 Å². The van der Waals surface area contributed by atoms with Crippen LogP contribution in [0.1, 0.15) is 33.3 Å². The van der Waals surface area contributed by atoms with Gasteiger partial charge in [0, 0.05) is 25.0 Å². The first-order valence-corrected chi connectivity index (χ1v) is 9.03. The molecule has 3 heterocycles. The average molecular weight is 401 g/mol. The molecule has 0 atom stereocenters. The molecule has 9 heteroatoms. The van der Waals surface area contributed by atoms with E-state index in [0.717, 1.165) is 21.9 Å². The predicted octanol–water partition coefficient (Wildman–Crippen LogP) is 2.22. The number of rotatable bonds is 7. The molecule has 1 N–H and O–H groups in total. The van der Waals surface area contributed by atoms with Crippen molar-refractivity contribution in [2.24, 2.45) is 0 Å². The fourth-order valence-electron chi connectivity index (χ4n) is 3.20. The van der Waals surface area contributed by atoms with E-state index in [2.05, 4.69) is 14.6 Å². The molecule has 1 aliphatic rings. The molecule has 0 saturated carbocycles. The van der Waals surface area contributed by atoms with Gasteiger partial charge in [0.2, 0.25) is 5.76 Å². The van der Waals surface area contributed by atoms with Crippen LogP contribution in [0.2, 0.25) is 0 Å². The van der Waals surface area contributed by atoms with Crippen LogP contribution in [0.15, 0.2) is 28.3 Å². The Balaban J connectivity index is 1.78. The van der Waals surface area contributed by atoms with Gasteiger partial charge in [-0.15, -0.1) is 0 Å². The minimum atomic E-state index is -0.627. The lowest BCUT2D eigenvalue weighted by molar-refractivity contribution is -0.123. The number of hydrogen-bond donors (Lipinski definition) is 1. The zero-order chi connectivity index (χ0) is 21.1. The number of urea groups is 1. The Bertz CT molecular complexity index is 985. The molecule has 1 saturated heterocycles. The minimum absolute atomic E-state index is 0.00817. The Morgan fingerprint density at radius 1 is 1.24 bits per heavy atom. The lowest BCUT2D eigenvalue weighted by Gasteiger charge is -2.09. The van der Waals surface area contributed by atoms with Crippen molar-refractivity contribution in [3.05, 3.63) is 52.4 Å². The highest BCUT2D eigenvalue weighted by atomic mass is 16.5.